The number of rotatable bonds is 0. The van der Waals surface area contributed by atoms with Crippen LogP contribution < -0.4 is 5.73 Å². The number of hydrogen-bond donors (Lipinski definition) is 1. The van der Waals surface area contributed by atoms with E-state index in [-0.39, 0.29) is 24.0 Å². The van der Waals surface area contributed by atoms with Crippen LogP contribution in [-0.2, 0) is 14.3 Å². The van der Waals surface area contributed by atoms with Gasteiger partial charge >= 0.3 is 12.2 Å². The molecule has 174 valence electrons. The lowest BCUT2D eigenvalue weighted by Crippen LogP contribution is -2.37. The van der Waals surface area contributed by atoms with Gasteiger partial charge in [0.1, 0.15) is 17.0 Å². The van der Waals surface area contributed by atoms with Crippen molar-refractivity contribution in [1.82, 2.24) is 9.80 Å². The maximum atomic E-state index is 11.7. The highest BCUT2D eigenvalue weighted by Crippen LogP contribution is 2.15. The molecule has 0 bridgehead atoms. The van der Waals surface area contributed by atoms with Crippen LogP contribution in [0.15, 0.2) is 0 Å². The second-order valence-corrected chi connectivity index (χ2v) is 10.0. The lowest BCUT2D eigenvalue weighted by Gasteiger charge is -2.26. The zero-order valence-corrected chi connectivity index (χ0v) is 19.7. The number of amides is 2. The van der Waals surface area contributed by atoms with Gasteiger partial charge in [0.15, 0.2) is 0 Å². The number of nitrogens with two attached hydrogens (primary N) is 1. The maximum Gasteiger partial charge on any atom is 0.410 e. The molecule has 8 heteroatoms. The molecule has 0 aromatic carbocycles. The SMILES string of the molecule is CC(C)(C)OC(=O)N1CCCC(=O)CC1.CC(C)(C)OC(=O)N1CCCC(N)CC1. The largest absolute Gasteiger partial charge is 0.444 e. The summed E-state index contributed by atoms with van der Waals surface area (Å²) in [7, 11) is 0. The zero-order chi connectivity index (χ0) is 22.9. The van der Waals surface area contributed by atoms with Crippen LogP contribution in [0.5, 0.6) is 0 Å². The molecule has 2 amide bonds. The second-order valence-electron chi connectivity index (χ2n) is 10.0. The highest BCUT2D eigenvalue weighted by Gasteiger charge is 2.25. The molecule has 0 radical (unpaired) electrons. The van der Waals surface area contributed by atoms with Gasteiger partial charge in [0, 0.05) is 45.1 Å². The van der Waals surface area contributed by atoms with Gasteiger partial charge in [-0.3, -0.25) is 4.79 Å². The van der Waals surface area contributed by atoms with Crippen molar-refractivity contribution in [2.45, 2.75) is 97.3 Å². The van der Waals surface area contributed by atoms with E-state index in [1.165, 1.54) is 0 Å². The Morgan fingerprint density at radius 3 is 1.83 bits per heavy atom. The average molecular weight is 428 g/mol. The minimum absolute atomic E-state index is 0.211. The van der Waals surface area contributed by atoms with E-state index in [0.29, 0.717) is 25.9 Å². The van der Waals surface area contributed by atoms with Crippen LogP contribution in [0.2, 0.25) is 0 Å². The molecule has 2 rings (SSSR count). The minimum Gasteiger partial charge on any atom is -0.444 e. The van der Waals surface area contributed by atoms with Crippen LogP contribution in [0.1, 0.15) is 80.1 Å². The molecular formula is C22H41N3O5. The van der Waals surface area contributed by atoms with Crippen LogP contribution in [-0.4, -0.2) is 71.2 Å². The van der Waals surface area contributed by atoms with Crippen molar-refractivity contribution in [1.29, 1.82) is 0 Å². The van der Waals surface area contributed by atoms with Crippen molar-refractivity contribution in [3.63, 3.8) is 0 Å². The van der Waals surface area contributed by atoms with Crippen LogP contribution in [0.3, 0.4) is 0 Å². The molecule has 30 heavy (non-hydrogen) atoms. The Hall–Kier alpha value is -1.83. The normalized spacial score (nSPS) is 21.0. The number of ketones is 1. The van der Waals surface area contributed by atoms with E-state index in [0.717, 1.165) is 38.8 Å². The van der Waals surface area contributed by atoms with E-state index >= 15 is 0 Å². The molecule has 0 aromatic rings. The number of hydrogen-bond acceptors (Lipinski definition) is 6. The fraction of sp³-hybridized carbons (Fsp3) is 0.864. The van der Waals surface area contributed by atoms with Crippen molar-refractivity contribution in [2.75, 3.05) is 26.2 Å². The molecule has 1 atom stereocenters. The van der Waals surface area contributed by atoms with Gasteiger partial charge in [0.2, 0.25) is 0 Å². The van der Waals surface area contributed by atoms with Crippen molar-refractivity contribution < 1.29 is 23.9 Å². The maximum absolute atomic E-state index is 11.7. The van der Waals surface area contributed by atoms with E-state index in [4.69, 9.17) is 15.2 Å². The predicted molar refractivity (Wildman–Crippen MR) is 116 cm³/mol. The number of ether oxygens (including phenoxy) is 2. The van der Waals surface area contributed by atoms with E-state index in [1.54, 1.807) is 9.80 Å². The standard InChI is InChI=1S/C11H22N2O2.C11H19NO3/c1-11(2,3)15-10(14)13-7-4-5-9(12)6-8-13;1-11(2,3)15-10(14)12-7-4-5-9(13)6-8-12/h9H,4-8,12H2,1-3H3;4-8H2,1-3H3. The third-order valence-electron chi connectivity index (χ3n) is 4.62. The van der Waals surface area contributed by atoms with Gasteiger partial charge in [-0.1, -0.05) is 0 Å². The molecule has 0 aromatic heterocycles. The van der Waals surface area contributed by atoms with E-state index in [9.17, 15) is 14.4 Å². The zero-order valence-electron chi connectivity index (χ0n) is 19.7. The van der Waals surface area contributed by atoms with Crippen molar-refractivity contribution in [2.24, 2.45) is 5.73 Å². The number of Topliss-reactive ketones (excluding diaryl/α,β-unsaturated/α-hetero) is 1. The first-order valence-corrected chi connectivity index (χ1v) is 11.0. The number of likely N-dealkylation sites (tertiary alicyclic amines) is 2. The van der Waals surface area contributed by atoms with E-state index in [1.807, 2.05) is 41.5 Å². The van der Waals surface area contributed by atoms with Crippen LogP contribution >= 0.6 is 0 Å². The summed E-state index contributed by atoms with van der Waals surface area (Å²) in [5, 5.41) is 0. The third kappa shape index (κ3) is 11.4. The van der Waals surface area contributed by atoms with Gasteiger partial charge in [0.25, 0.3) is 0 Å². The first kappa shape index (κ1) is 26.2. The topological polar surface area (TPSA) is 102 Å². The summed E-state index contributed by atoms with van der Waals surface area (Å²) in [6.45, 7) is 13.8. The smallest absolute Gasteiger partial charge is 0.410 e. The number of nitrogens with zero attached hydrogens (tertiary/aromatic N) is 2. The summed E-state index contributed by atoms with van der Waals surface area (Å²) in [5.74, 6) is 0.237. The quantitative estimate of drug-likeness (QED) is 0.632. The Balaban J connectivity index is 0.000000300. The fourth-order valence-electron chi connectivity index (χ4n) is 3.10. The molecule has 0 saturated carbocycles. The molecule has 2 aliphatic rings. The lowest BCUT2D eigenvalue weighted by atomic mass is 10.1. The van der Waals surface area contributed by atoms with Gasteiger partial charge in [-0.15, -0.1) is 0 Å². The monoisotopic (exact) mass is 427 g/mol. The Morgan fingerprint density at radius 1 is 0.800 bits per heavy atom. The summed E-state index contributed by atoms with van der Waals surface area (Å²) in [6, 6.07) is 0.234. The third-order valence-corrected chi connectivity index (χ3v) is 4.62. The summed E-state index contributed by atoms with van der Waals surface area (Å²) in [5.41, 5.74) is 4.97. The van der Waals surface area contributed by atoms with Crippen LogP contribution in [0.4, 0.5) is 9.59 Å². The summed E-state index contributed by atoms with van der Waals surface area (Å²) in [6.07, 6.45) is 4.11. The highest BCUT2D eigenvalue weighted by molar-refractivity contribution is 5.80. The van der Waals surface area contributed by atoms with Crippen molar-refractivity contribution in [3.8, 4) is 0 Å². The van der Waals surface area contributed by atoms with E-state index < -0.39 is 11.2 Å². The van der Waals surface area contributed by atoms with E-state index in [2.05, 4.69) is 0 Å². The Bertz CT molecular complexity index is 580. The molecule has 1 unspecified atom stereocenters. The van der Waals surface area contributed by atoms with Crippen molar-refractivity contribution in [3.05, 3.63) is 0 Å². The van der Waals surface area contributed by atoms with Crippen molar-refractivity contribution >= 4 is 18.0 Å². The molecule has 8 nitrogen and oxygen atoms in total. The Morgan fingerprint density at radius 2 is 1.30 bits per heavy atom. The molecular weight excluding hydrogens is 386 g/mol. The molecule has 2 saturated heterocycles. The van der Waals surface area contributed by atoms with Gasteiger partial charge in [-0.25, -0.2) is 9.59 Å². The lowest BCUT2D eigenvalue weighted by molar-refractivity contribution is -0.118. The van der Waals surface area contributed by atoms with Gasteiger partial charge in [-0.2, -0.15) is 0 Å². The predicted octanol–water partition coefficient (Wildman–Crippen LogP) is 3.71. The van der Waals surface area contributed by atoms with Gasteiger partial charge in [0.05, 0.1) is 0 Å². The second kappa shape index (κ2) is 11.5. The molecule has 2 fully saturated rings. The molecule has 0 spiro atoms. The number of carbonyl (C=O) groups is 3. The molecule has 2 aliphatic heterocycles. The highest BCUT2D eigenvalue weighted by atomic mass is 16.6. The molecule has 2 heterocycles. The summed E-state index contributed by atoms with van der Waals surface area (Å²) in [4.78, 5) is 37.9. The van der Waals surface area contributed by atoms with Crippen LogP contribution in [0.25, 0.3) is 0 Å². The molecule has 0 aliphatic carbocycles. The Kier molecular flexibility index (Phi) is 10.1. The Labute approximate surface area is 181 Å². The first-order chi connectivity index (χ1) is 13.8. The summed E-state index contributed by atoms with van der Waals surface area (Å²) >= 11 is 0. The van der Waals surface area contributed by atoms with Crippen LogP contribution in [0, 0.1) is 0 Å². The average Bonchev–Trinajstić information content (AvgIpc) is 2.92. The van der Waals surface area contributed by atoms with Gasteiger partial charge in [-0.05, 0) is 67.2 Å². The fourth-order valence-corrected chi connectivity index (χ4v) is 3.10. The van der Waals surface area contributed by atoms with Gasteiger partial charge < -0.3 is 25.0 Å². The number of carbonyl (C=O) groups excluding carboxylic acids is 3. The summed E-state index contributed by atoms with van der Waals surface area (Å²) < 4.78 is 10.6. The first-order valence-electron chi connectivity index (χ1n) is 11.0. The minimum atomic E-state index is -0.465. The molecule has 2 N–H and O–H groups in total.